The van der Waals surface area contributed by atoms with Gasteiger partial charge in [0, 0.05) is 43.2 Å². The van der Waals surface area contributed by atoms with Crippen molar-refractivity contribution in [3.8, 4) is 0 Å². The van der Waals surface area contributed by atoms with Gasteiger partial charge in [-0.05, 0) is 24.6 Å². The molecule has 2 rings (SSSR count). The molecule has 0 aliphatic carbocycles. The molecule has 1 aromatic carbocycles. The van der Waals surface area contributed by atoms with Gasteiger partial charge in [-0.2, -0.15) is 0 Å². The predicted molar refractivity (Wildman–Crippen MR) is 83.1 cm³/mol. The molecule has 2 N–H and O–H groups in total. The molecule has 0 aliphatic heterocycles. The van der Waals surface area contributed by atoms with Crippen LogP contribution in [0.4, 0.5) is 5.69 Å². The number of hydrogen-bond acceptors (Lipinski definition) is 5. The normalized spacial score (nSPS) is 11.1. The summed E-state index contributed by atoms with van der Waals surface area (Å²) in [6.07, 6.45) is 2.67. The van der Waals surface area contributed by atoms with Crippen molar-refractivity contribution in [2.24, 2.45) is 0 Å². The van der Waals surface area contributed by atoms with Gasteiger partial charge in [0.2, 0.25) is 0 Å². The van der Waals surface area contributed by atoms with E-state index in [1.165, 1.54) is 0 Å². The van der Waals surface area contributed by atoms with Crippen LogP contribution in [-0.4, -0.2) is 38.5 Å². The van der Waals surface area contributed by atoms with Crippen LogP contribution in [0, 0.1) is 0 Å². The molecule has 2 aromatic rings. The lowest BCUT2D eigenvalue weighted by molar-refractivity contribution is 0.0339. The summed E-state index contributed by atoms with van der Waals surface area (Å²) in [6, 6.07) is 7.71. The number of anilines is 1. The van der Waals surface area contributed by atoms with Crippen LogP contribution in [-0.2, 0) is 20.8 Å². The SMILES string of the molecule is COCCCOCCOCc1ccc(N)c2cccnc12. The number of methoxy groups -OCH3 is 1. The average Bonchev–Trinajstić information content (AvgIpc) is 2.52. The molecule has 1 heterocycles. The third-order valence-corrected chi connectivity index (χ3v) is 3.15. The second kappa shape index (κ2) is 8.56. The van der Waals surface area contributed by atoms with E-state index in [2.05, 4.69) is 4.98 Å². The topological polar surface area (TPSA) is 66.6 Å². The summed E-state index contributed by atoms with van der Waals surface area (Å²) in [5, 5.41) is 0.967. The van der Waals surface area contributed by atoms with Crippen LogP contribution in [0.15, 0.2) is 30.5 Å². The minimum atomic E-state index is 0.509. The van der Waals surface area contributed by atoms with E-state index in [4.69, 9.17) is 19.9 Å². The first kappa shape index (κ1) is 15.7. The molecule has 1 aromatic heterocycles. The van der Waals surface area contributed by atoms with Gasteiger partial charge in [0.25, 0.3) is 0 Å². The lowest BCUT2D eigenvalue weighted by atomic mass is 10.1. The summed E-state index contributed by atoms with van der Waals surface area (Å²) in [5.74, 6) is 0. The van der Waals surface area contributed by atoms with Crippen molar-refractivity contribution in [3.63, 3.8) is 0 Å². The number of aromatic nitrogens is 1. The van der Waals surface area contributed by atoms with E-state index < -0.39 is 0 Å². The lowest BCUT2D eigenvalue weighted by Gasteiger charge is -2.09. The Morgan fingerprint density at radius 3 is 2.76 bits per heavy atom. The van der Waals surface area contributed by atoms with Crippen LogP contribution in [0.25, 0.3) is 10.9 Å². The molecule has 0 aliphatic rings. The maximum Gasteiger partial charge on any atom is 0.0777 e. The van der Waals surface area contributed by atoms with E-state index in [0.29, 0.717) is 26.4 Å². The Morgan fingerprint density at radius 1 is 1.05 bits per heavy atom. The number of pyridine rings is 1. The largest absolute Gasteiger partial charge is 0.398 e. The molecule has 0 bridgehead atoms. The molecule has 0 saturated carbocycles. The molecule has 0 spiro atoms. The molecule has 21 heavy (non-hydrogen) atoms. The predicted octanol–water partition coefficient (Wildman–Crippen LogP) is 2.39. The molecule has 0 atom stereocenters. The highest BCUT2D eigenvalue weighted by atomic mass is 16.5. The molecule has 5 nitrogen and oxygen atoms in total. The van der Waals surface area contributed by atoms with Crippen LogP contribution < -0.4 is 5.73 Å². The molecular weight excluding hydrogens is 268 g/mol. The summed E-state index contributed by atoms with van der Waals surface area (Å²) < 4.78 is 16.0. The molecule has 114 valence electrons. The Balaban J connectivity index is 1.78. The maximum absolute atomic E-state index is 5.95. The molecule has 0 saturated heterocycles. The van der Waals surface area contributed by atoms with E-state index in [0.717, 1.165) is 35.2 Å². The first-order valence-electron chi connectivity index (χ1n) is 7.09. The van der Waals surface area contributed by atoms with E-state index in [-0.39, 0.29) is 0 Å². The van der Waals surface area contributed by atoms with Crippen molar-refractivity contribution < 1.29 is 14.2 Å². The van der Waals surface area contributed by atoms with Gasteiger partial charge in [0.05, 0.1) is 25.3 Å². The summed E-state index contributed by atoms with van der Waals surface area (Å²) in [6.45, 7) is 3.08. The van der Waals surface area contributed by atoms with Crippen molar-refractivity contribution in [3.05, 3.63) is 36.0 Å². The Kier molecular flexibility index (Phi) is 6.40. The van der Waals surface area contributed by atoms with Crippen molar-refractivity contribution in [1.82, 2.24) is 4.98 Å². The number of nitrogen functional groups attached to an aromatic ring is 1. The van der Waals surface area contributed by atoms with Crippen LogP contribution >= 0.6 is 0 Å². The number of fused-ring (bicyclic) bond motifs is 1. The minimum Gasteiger partial charge on any atom is -0.398 e. The fourth-order valence-corrected chi connectivity index (χ4v) is 2.08. The van der Waals surface area contributed by atoms with Crippen molar-refractivity contribution in [2.75, 3.05) is 39.3 Å². The Hall–Kier alpha value is -1.69. The number of nitrogens with two attached hydrogens (primary N) is 1. The Bertz CT molecular complexity index is 560. The third kappa shape index (κ3) is 4.67. The van der Waals surface area contributed by atoms with Crippen LogP contribution in [0.2, 0.25) is 0 Å². The van der Waals surface area contributed by atoms with Gasteiger partial charge in [0.15, 0.2) is 0 Å². The maximum atomic E-state index is 5.95. The second-order valence-corrected chi connectivity index (χ2v) is 4.72. The van der Waals surface area contributed by atoms with Crippen molar-refractivity contribution in [1.29, 1.82) is 0 Å². The van der Waals surface area contributed by atoms with Gasteiger partial charge in [-0.25, -0.2) is 0 Å². The first-order chi connectivity index (χ1) is 10.3. The Morgan fingerprint density at radius 2 is 1.90 bits per heavy atom. The monoisotopic (exact) mass is 290 g/mol. The number of rotatable bonds is 9. The number of ether oxygens (including phenoxy) is 3. The standard InChI is InChI=1S/C16H22N2O3/c1-19-8-3-9-20-10-11-21-12-13-5-6-15(17)14-4-2-7-18-16(13)14/h2,4-7H,3,8-12,17H2,1H3. The zero-order chi connectivity index (χ0) is 14.9. The summed E-state index contributed by atoms with van der Waals surface area (Å²) in [7, 11) is 1.69. The van der Waals surface area contributed by atoms with E-state index in [9.17, 15) is 0 Å². The Labute approximate surface area is 125 Å². The smallest absolute Gasteiger partial charge is 0.0777 e. The van der Waals surface area contributed by atoms with Gasteiger partial charge in [0.1, 0.15) is 0 Å². The van der Waals surface area contributed by atoms with Gasteiger partial charge < -0.3 is 19.9 Å². The van der Waals surface area contributed by atoms with E-state index in [1.54, 1.807) is 13.3 Å². The molecule has 0 unspecified atom stereocenters. The molecule has 0 fully saturated rings. The highest BCUT2D eigenvalue weighted by Gasteiger charge is 2.05. The van der Waals surface area contributed by atoms with E-state index >= 15 is 0 Å². The van der Waals surface area contributed by atoms with Gasteiger partial charge in [-0.3, -0.25) is 4.98 Å². The molecule has 5 heteroatoms. The molecule has 0 amide bonds. The fourth-order valence-electron chi connectivity index (χ4n) is 2.08. The zero-order valence-corrected chi connectivity index (χ0v) is 12.4. The summed E-state index contributed by atoms with van der Waals surface area (Å²) in [4.78, 5) is 4.39. The quantitative estimate of drug-likeness (QED) is 0.567. The van der Waals surface area contributed by atoms with Gasteiger partial charge in [-0.15, -0.1) is 0 Å². The summed E-state index contributed by atoms with van der Waals surface area (Å²) >= 11 is 0. The van der Waals surface area contributed by atoms with E-state index in [1.807, 2.05) is 24.3 Å². The van der Waals surface area contributed by atoms with Crippen LogP contribution in [0.1, 0.15) is 12.0 Å². The minimum absolute atomic E-state index is 0.509. The third-order valence-electron chi connectivity index (χ3n) is 3.15. The van der Waals surface area contributed by atoms with Crippen LogP contribution in [0.5, 0.6) is 0 Å². The first-order valence-corrected chi connectivity index (χ1v) is 7.09. The number of benzene rings is 1. The summed E-state index contributed by atoms with van der Waals surface area (Å²) in [5.41, 5.74) is 8.63. The zero-order valence-electron chi connectivity index (χ0n) is 12.4. The molecular formula is C16H22N2O3. The second-order valence-electron chi connectivity index (χ2n) is 4.72. The number of hydrogen-bond donors (Lipinski definition) is 1. The van der Waals surface area contributed by atoms with Crippen LogP contribution in [0.3, 0.4) is 0 Å². The lowest BCUT2D eigenvalue weighted by Crippen LogP contribution is -2.07. The fraction of sp³-hybridized carbons (Fsp3) is 0.438. The van der Waals surface area contributed by atoms with Gasteiger partial charge in [-0.1, -0.05) is 6.07 Å². The highest BCUT2D eigenvalue weighted by Crippen LogP contribution is 2.22. The molecule has 0 radical (unpaired) electrons. The average molecular weight is 290 g/mol. The van der Waals surface area contributed by atoms with Gasteiger partial charge >= 0.3 is 0 Å². The number of nitrogens with zero attached hydrogens (tertiary/aromatic N) is 1. The van der Waals surface area contributed by atoms with Crippen molar-refractivity contribution >= 4 is 16.6 Å². The highest BCUT2D eigenvalue weighted by molar-refractivity contribution is 5.92. The van der Waals surface area contributed by atoms with Crippen molar-refractivity contribution in [2.45, 2.75) is 13.0 Å².